The van der Waals surface area contributed by atoms with Crippen LogP contribution >= 0.6 is 67.1 Å². The topological polar surface area (TPSA) is 28.2 Å². The predicted octanol–water partition coefficient (Wildman–Crippen LogP) is 18.9. The summed E-state index contributed by atoms with van der Waals surface area (Å²) in [7, 11) is -1.80. The molecule has 0 radical (unpaired) electrons. The summed E-state index contributed by atoms with van der Waals surface area (Å²) in [5, 5.41) is 1.58. The van der Waals surface area contributed by atoms with Gasteiger partial charge in [0.2, 0.25) is 0 Å². The van der Waals surface area contributed by atoms with E-state index in [4.69, 9.17) is 55.3 Å². The zero-order valence-electron chi connectivity index (χ0n) is 45.8. The number of benzene rings is 5. The van der Waals surface area contributed by atoms with E-state index >= 15 is 0 Å². The van der Waals surface area contributed by atoms with E-state index in [1.165, 1.54) is 31.6 Å². The van der Waals surface area contributed by atoms with Gasteiger partial charge in [-0.2, -0.15) is 0 Å². The van der Waals surface area contributed by atoms with Crippen molar-refractivity contribution in [2.24, 2.45) is 0 Å². The number of hydrogen-bond acceptors (Lipinski definition) is 5. The molecule has 0 spiro atoms. The van der Waals surface area contributed by atoms with Gasteiger partial charge in [-0.1, -0.05) is 219 Å². The average Bonchev–Trinajstić information content (AvgIpc) is 3.70. The van der Waals surface area contributed by atoms with Crippen molar-refractivity contribution in [3.8, 4) is 11.5 Å². The maximum atomic E-state index is 7.69. The summed E-state index contributed by atoms with van der Waals surface area (Å²) in [6, 6.07) is 31.8. The van der Waals surface area contributed by atoms with Crippen molar-refractivity contribution in [1.29, 1.82) is 0 Å². The molecule has 6 rings (SSSR count). The standard InChI is InChI=1S/C60H78Cl4IN3O2Si/c1-20-67(46-29-23-42(24-30-46)58(10,11)12)34-33-38(4)39(5)71(69-54-52(63)50(61)51(62)53(64)55(54)70-71)56-48(66(19)45-27-21-41(22-28-45)57(7,8)9)35-44(60(16,17)18)36-49(56)68(40(6)65-37(2)3)47-31-25-43(26-32-47)59(13,14)15/h21-33,35-37,39H,20,34H2,1-19H3/b38-33-/t39-/m1/s1. The van der Waals surface area contributed by atoms with Crippen LogP contribution in [0.2, 0.25) is 25.6 Å². The SMILES string of the molecule is CCN(C/C=C(/C)[C@@H](C)[Si]1(c2c(N(C)c3ccc(C(C)(C)C)cc3)cc(C(C)(C)C)cc2N(C(C)=IC(C)C)c2ccc(C(C)(C)C)cc2)Oc2c(Cl)c(Cl)c(Cl)c(Cl)c2O1)c1ccc(C(C)(C)C)cc1. The second-order valence-electron chi connectivity index (χ2n) is 23.5. The van der Waals surface area contributed by atoms with E-state index < -0.39 is 29.3 Å². The fourth-order valence-electron chi connectivity index (χ4n) is 9.04. The highest BCUT2D eigenvalue weighted by atomic mass is 127. The van der Waals surface area contributed by atoms with Crippen molar-refractivity contribution in [2.75, 3.05) is 34.8 Å². The molecule has 0 unspecified atom stereocenters. The predicted molar refractivity (Wildman–Crippen MR) is 325 cm³/mol. The van der Waals surface area contributed by atoms with Gasteiger partial charge in [-0.3, -0.25) is 0 Å². The Bertz CT molecular complexity index is 2740. The van der Waals surface area contributed by atoms with E-state index in [9.17, 15) is 0 Å². The zero-order chi connectivity index (χ0) is 52.9. The van der Waals surface area contributed by atoms with Crippen LogP contribution in [0.15, 0.2) is 96.6 Å². The molecule has 0 aromatic heterocycles. The molecule has 0 aliphatic carbocycles. The summed E-state index contributed by atoms with van der Waals surface area (Å²) >= 11 is 27.8. The second-order valence-corrected chi connectivity index (χ2v) is 32.8. The van der Waals surface area contributed by atoms with Crippen molar-refractivity contribution in [1.82, 2.24) is 0 Å². The van der Waals surface area contributed by atoms with Gasteiger partial charge in [-0.25, -0.2) is 0 Å². The molecule has 384 valence electrons. The van der Waals surface area contributed by atoms with Crippen LogP contribution in [-0.2, 0) is 21.7 Å². The maximum absolute atomic E-state index is 7.69. The van der Waals surface area contributed by atoms with E-state index in [0.29, 0.717) is 22.0 Å². The number of fused-ring (bicyclic) bond motifs is 1. The molecular formula is C60H78Cl4IN3O2Si. The Morgan fingerprint density at radius 3 is 1.37 bits per heavy atom. The third-order valence-corrected chi connectivity index (χ3v) is 22.0. The molecule has 0 saturated heterocycles. The van der Waals surface area contributed by atoms with Crippen molar-refractivity contribution in [2.45, 2.75) is 156 Å². The minimum atomic E-state index is -3.97. The zero-order valence-corrected chi connectivity index (χ0v) is 52.0. The lowest BCUT2D eigenvalue weighted by Crippen LogP contribution is -2.62. The lowest BCUT2D eigenvalue weighted by atomic mass is 9.85. The van der Waals surface area contributed by atoms with Crippen molar-refractivity contribution in [3.05, 3.63) is 139 Å². The number of alkyl halides is 1. The molecule has 5 aromatic carbocycles. The van der Waals surface area contributed by atoms with Crippen LogP contribution in [0, 0.1) is 0 Å². The number of hydrogen-bond donors (Lipinski definition) is 0. The molecule has 1 heterocycles. The normalized spacial score (nSPS) is 14.9. The highest BCUT2D eigenvalue weighted by Gasteiger charge is 2.60. The summed E-state index contributed by atoms with van der Waals surface area (Å²) in [4.78, 5) is 7.22. The summed E-state index contributed by atoms with van der Waals surface area (Å²) < 4.78 is 17.2. The molecule has 71 heavy (non-hydrogen) atoms. The van der Waals surface area contributed by atoms with E-state index in [2.05, 4.69) is 237 Å². The first-order valence-electron chi connectivity index (χ1n) is 25.0. The molecule has 1 atom stereocenters. The molecule has 5 aromatic rings. The first-order valence-corrected chi connectivity index (χ1v) is 30.7. The highest BCUT2D eigenvalue weighted by molar-refractivity contribution is 14.2. The Morgan fingerprint density at radius 1 is 0.577 bits per heavy atom. The number of nitrogens with zero attached hydrogens (tertiary/aromatic N) is 3. The van der Waals surface area contributed by atoms with Crippen LogP contribution in [0.4, 0.5) is 28.4 Å². The van der Waals surface area contributed by atoms with Crippen LogP contribution in [0.3, 0.4) is 0 Å². The highest BCUT2D eigenvalue weighted by Crippen LogP contribution is 2.57. The minimum absolute atomic E-state index is 0.0185. The number of halogens is 5. The van der Waals surface area contributed by atoms with E-state index in [-0.39, 0.29) is 47.3 Å². The quantitative estimate of drug-likeness (QED) is 0.0293. The molecule has 0 bridgehead atoms. The molecule has 11 heteroatoms. The summed E-state index contributed by atoms with van der Waals surface area (Å²) in [5.74, 6) is 0.633. The molecule has 5 nitrogen and oxygen atoms in total. The molecule has 0 fully saturated rings. The van der Waals surface area contributed by atoms with Crippen molar-refractivity contribution < 1.29 is 8.85 Å². The maximum Gasteiger partial charge on any atom is 0.507 e. The van der Waals surface area contributed by atoms with Gasteiger partial charge >= 0.3 is 8.56 Å². The summed E-state index contributed by atoms with van der Waals surface area (Å²) in [5.41, 5.74) is 10.8. The summed E-state index contributed by atoms with van der Waals surface area (Å²) in [6.07, 6.45) is 2.34. The van der Waals surface area contributed by atoms with Crippen molar-refractivity contribution >= 4 is 113 Å². The molecule has 1 aliphatic rings. The van der Waals surface area contributed by atoms with Gasteiger partial charge in [0, 0.05) is 56.0 Å². The van der Waals surface area contributed by atoms with E-state index in [1.54, 1.807) is 0 Å². The Balaban J connectivity index is 1.74. The van der Waals surface area contributed by atoms with Gasteiger partial charge in [0.1, 0.15) is 10.0 Å². The smallest absolute Gasteiger partial charge is 0.504 e. The molecule has 0 saturated carbocycles. The fraction of sp³-hybridized carbons (Fsp3) is 0.450. The summed E-state index contributed by atoms with van der Waals surface area (Å²) in [6.45, 7) is 42.3. The molecular weight excluding hydrogens is 1090 g/mol. The Hall–Kier alpha value is -3.18. The van der Waals surface area contributed by atoms with Gasteiger partial charge in [0.25, 0.3) is 0 Å². The molecule has 1 aliphatic heterocycles. The molecule has 0 amide bonds. The number of allylic oxidation sites excluding steroid dienone is 1. The second kappa shape index (κ2) is 21.6. The lowest BCUT2D eigenvalue weighted by molar-refractivity contribution is 0.457. The van der Waals surface area contributed by atoms with Gasteiger partial charge in [-0.15, -0.1) is 0 Å². The van der Waals surface area contributed by atoms with Gasteiger partial charge in [0.15, 0.2) is 11.5 Å². The van der Waals surface area contributed by atoms with Crippen LogP contribution in [-0.4, -0.2) is 36.3 Å². The van der Waals surface area contributed by atoms with Crippen LogP contribution in [0.25, 0.3) is 0 Å². The largest absolute Gasteiger partial charge is 0.507 e. The lowest BCUT2D eigenvalue weighted by Gasteiger charge is -2.40. The fourth-order valence-corrected chi connectivity index (χ4v) is 16.6. The third kappa shape index (κ3) is 12.2. The monoisotopic (exact) mass is 1170 g/mol. The third-order valence-electron chi connectivity index (χ3n) is 13.8. The van der Waals surface area contributed by atoms with Crippen molar-refractivity contribution in [3.63, 3.8) is 0 Å². The van der Waals surface area contributed by atoms with Gasteiger partial charge in [-0.05, 0) is 113 Å². The number of rotatable bonds is 13. The van der Waals surface area contributed by atoms with Crippen LogP contribution in [0.1, 0.15) is 147 Å². The van der Waals surface area contributed by atoms with Crippen LogP contribution < -0.4 is 28.7 Å². The van der Waals surface area contributed by atoms with E-state index in [0.717, 1.165) is 40.1 Å². The average molecular weight is 1170 g/mol. The minimum Gasteiger partial charge on any atom is -0.504 e. The van der Waals surface area contributed by atoms with E-state index in [1.807, 2.05) is 0 Å². The Labute approximate surface area is 459 Å². The Morgan fingerprint density at radius 2 is 0.972 bits per heavy atom. The number of anilines is 5. The van der Waals surface area contributed by atoms with Crippen LogP contribution in [0.5, 0.6) is 11.5 Å². The van der Waals surface area contributed by atoms with Gasteiger partial charge in [0.05, 0.1) is 20.9 Å². The first kappa shape index (κ1) is 57.1. The molecule has 0 N–H and O–H groups in total. The Kier molecular flexibility index (Phi) is 17.4. The van der Waals surface area contributed by atoms with Gasteiger partial charge < -0.3 is 23.6 Å². The first-order chi connectivity index (χ1) is 32.8. The number of likely N-dealkylation sites (N-methyl/N-ethyl adjacent to an activating group) is 1.